The van der Waals surface area contributed by atoms with Gasteiger partial charge in [-0.1, -0.05) is 20.8 Å². The topological polar surface area (TPSA) is 72.2 Å². The van der Waals surface area contributed by atoms with Gasteiger partial charge in [-0.3, -0.25) is 9.59 Å². The van der Waals surface area contributed by atoms with Crippen LogP contribution in [0.15, 0.2) is 0 Å². The average Bonchev–Trinajstić information content (AvgIpc) is 1.80. The lowest BCUT2D eigenvalue weighted by Crippen LogP contribution is -2.40. The van der Waals surface area contributed by atoms with E-state index in [-0.39, 0.29) is 5.41 Å². The largest absolute Gasteiger partial charge is 0.361 e. The molecule has 0 heterocycles. The van der Waals surface area contributed by atoms with Gasteiger partial charge in [0.2, 0.25) is 0 Å². The Kier molecular flexibility index (Phi) is 3.04. The summed E-state index contributed by atoms with van der Waals surface area (Å²) in [7, 11) is 0. The van der Waals surface area contributed by atoms with Crippen LogP contribution in [0.3, 0.4) is 0 Å². The fourth-order valence-corrected chi connectivity index (χ4v) is 0.433. The zero-order chi connectivity index (χ0) is 9.07. The Hall–Kier alpha value is -1.06. The highest BCUT2D eigenvalue weighted by Gasteiger charge is 2.14. The monoisotopic (exact) mass is 158 g/mol. The molecule has 11 heavy (non-hydrogen) atoms. The van der Waals surface area contributed by atoms with Crippen LogP contribution in [0.25, 0.3) is 0 Å². The van der Waals surface area contributed by atoms with Crippen LogP contribution in [0.5, 0.6) is 0 Å². The van der Waals surface area contributed by atoms with Crippen molar-refractivity contribution in [1.29, 1.82) is 0 Å². The molecule has 0 aliphatic rings. The van der Waals surface area contributed by atoms with Crippen molar-refractivity contribution in [3.05, 3.63) is 0 Å². The molecule has 0 aromatic carbocycles. The van der Waals surface area contributed by atoms with Gasteiger partial charge in [0.25, 0.3) is 0 Å². The second-order valence-electron chi connectivity index (χ2n) is 3.61. The summed E-state index contributed by atoms with van der Waals surface area (Å²) < 4.78 is 0. The van der Waals surface area contributed by atoms with E-state index >= 15 is 0 Å². The third kappa shape index (κ3) is 5.39. The maximum Gasteiger partial charge on any atom is 0.309 e. The molecule has 0 spiro atoms. The SMILES string of the molecule is CC(C)(C)CNC(=O)C(N)=O. The standard InChI is InChI=1S/C7H14N2O2/c1-7(2,3)4-9-6(11)5(8)10/h4H2,1-3H3,(H2,8,10)(H,9,11). The van der Waals surface area contributed by atoms with Gasteiger partial charge in [-0.05, 0) is 5.41 Å². The van der Waals surface area contributed by atoms with E-state index in [4.69, 9.17) is 5.73 Å². The number of amides is 2. The maximum absolute atomic E-state index is 10.6. The molecule has 2 amide bonds. The summed E-state index contributed by atoms with van der Waals surface area (Å²) >= 11 is 0. The Morgan fingerprint density at radius 2 is 1.82 bits per heavy atom. The van der Waals surface area contributed by atoms with Crippen molar-refractivity contribution < 1.29 is 9.59 Å². The number of nitrogens with one attached hydrogen (secondary N) is 1. The second-order valence-corrected chi connectivity index (χ2v) is 3.61. The summed E-state index contributed by atoms with van der Waals surface area (Å²) in [5, 5.41) is 2.41. The fourth-order valence-electron chi connectivity index (χ4n) is 0.433. The van der Waals surface area contributed by atoms with Crippen LogP contribution in [0.2, 0.25) is 0 Å². The summed E-state index contributed by atoms with van der Waals surface area (Å²) in [6, 6.07) is 0. The molecule has 0 rings (SSSR count). The van der Waals surface area contributed by atoms with Crippen molar-refractivity contribution in [2.24, 2.45) is 11.1 Å². The van der Waals surface area contributed by atoms with Crippen molar-refractivity contribution in [3.63, 3.8) is 0 Å². The Labute approximate surface area is 66.1 Å². The lowest BCUT2D eigenvalue weighted by Gasteiger charge is -2.17. The molecule has 0 aromatic heterocycles. The maximum atomic E-state index is 10.6. The average molecular weight is 158 g/mol. The lowest BCUT2D eigenvalue weighted by atomic mass is 9.97. The summed E-state index contributed by atoms with van der Waals surface area (Å²) in [6.45, 7) is 6.31. The molecule has 0 aliphatic carbocycles. The zero-order valence-corrected chi connectivity index (χ0v) is 7.10. The highest BCUT2D eigenvalue weighted by molar-refractivity contribution is 6.34. The van der Waals surface area contributed by atoms with Gasteiger partial charge in [-0.15, -0.1) is 0 Å². The van der Waals surface area contributed by atoms with Crippen LogP contribution >= 0.6 is 0 Å². The van der Waals surface area contributed by atoms with Gasteiger partial charge in [-0.25, -0.2) is 0 Å². The molecule has 0 saturated heterocycles. The van der Waals surface area contributed by atoms with E-state index in [1.54, 1.807) is 0 Å². The van der Waals surface area contributed by atoms with Crippen molar-refractivity contribution in [1.82, 2.24) is 5.32 Å². The van der Waals surface area contributed by atoms with Crippen LogP contribution in [0.1, 0.15) is 20.8 Å². The smallest absolute Gasteiger partial charge is 0.309 e. The van der Waals surface area contributed by atoms with Crippen LogP contribution in [0, 0.1) is 5.41 Å². The van der Waals surface area contributed by atoms with Gasteiger partial charge in [0.15, 0.2) is 0 Å². The first-order valence-electron chi connectivity index (χ1n) is 3.40. The highest BCUT2D eigenvalue weighted by atomic mass is 16.2. The number of hydrogen-bond acceptors (Lipinski definition) is 2. The molecule has 0 aliphatic heterocycles. The van der Waals surface area contributed by atoms with Crippen LogP contribution in [0.4, 0.5) is 0 Å². The second kappa shape index (κ2) is 3.37. The van der Waals surface area contributed by atoms with Crippen molar-refractivity contribution in [2.75, 3.05) is 6.54 Å². The number of hydrogen-bond donors (Lipinski definition) is 2. The molecule has 4 heteroatoms. The van der Waals surface area contributed by atoms with Gasteiger partial charge in [0.05, 0.1) is 0 Å². The van der Waals surface area contributed by atoms with E-state index in [2.05, 4.69) is 5.32 Å². The molecule has 0 aromatic rings. The Morgan fingerprint density at radius 1 is 1.36 bits per heavy atom. The number of carbonyl (C=O) groups excluding carboxylic acids is 2. The van der Waals surface area contributed by atoms with E-state index in [1.165, 1.54) is 0 Å². The molecule has 64 valence electrons. The third-order valence-electron chi connectivity index (χ3n) is 1.00. The number of primary amides is 1. The first-order valence-corrected chi connectivity index (χ1v) is 3.40. The molecular weight excluding hydrogens is 144 g/mol. The first kappa shape index (κ1) is 9.94. The predicted octanol–water partition coefficient (Wildman–Crippen LogP) is -0.366. The van der Waals surface area contributed by atoms with Crippen molar-refractivity contribution in [2.45, 2.75) is 20.8 Å². The molecule has 0 radical (unpaired) electrons. The minimum Gasteiger partial charge on any atom is -0.361 e. The van der Waals surface area contributed by atoms with Gasteiger partial charge in [0, 0.05) is 6.54 Å². The number of rotatable bonds is 1. The zero-order valence-electron chi connectivity index (χ0n) is 7.10. The van der Waals surface area contributed by atoms with Gasteiger partial charge in [0.1, 0.15) is 0 Å². The number of carbonyl (C=O) groups is 2. The summed E-state index contributed by atoms with van der Waals surface area (Å²) in [5.41, 5.74) is 4.69. The van der Waals surface area contributed by atoms with E-state index in [0.29, 0.717) is 6.54 Å². The minimum atomic E-state index is -0.936. The quantitative estimate of drug-likeness (QED) is 0.511. The third-order valence-corrected chi connectivity index (χ3v) is 1.00. The van der Waals surface area contributed by atoms with Crippen LogP contribution in [-0.4, -0.2) is 18.4 Å². The Bertz CT molecular complexity index is 170. The molecule has 0 fully saturated rings. The molecule has 3 N–H and O–H groups in total. The first-order chi connectivity index (χ1) is 4.83. The highest BCUT2D eigenvalue weighted by Crippen LogP contribution is 2.09. The van der Waals surface area contributed by atoms with E-state index < -0.39 is 11.8 Å². The summed E-state index contributed by atoms with van der Waals surface area (Å²) in [6.07, 6.45) is 0. The molecule has 4 nitrogen and oxygen atoms in total. The summed E-state index contributed by atoms with van der Waals surface area (Å²) in [4.78, 5) is 20.8. The Balaban J connectivity index is 3.73. The van der Waals surface area contributed by atoms with Crippen LogP contribution in [-0.2, 0) is 9.59 Å². The van der Waals surface area contributed by atoms with Gasteiger partial charge in [-0.2, -0.15) is 0 Å². The van der Waals surface area contributed by atoms with Gasteiger partial charge < -0.3 is 11.1 Å². The fraction of sp³-hybridized carbons (Fsp3) is 0.714. The summed E-state index contributed by atoms with van der Waals surface area (Å²) in [5.74, 6) is -1.66. The lowest BCUT2D eigenvalue weighted by molar-refractivity contribution is -0.137. The van der Waals surface area contributed by atoms with Crippen molar-refractivity contribution in [3.8, 4) is 0 Å². The number of nitrogens with two attached hydrogens (primary N) is 1. The van der Waals surface area contributed by atoms with E-state index in [1.807, 2.05) is 20.8 Å². The molecular formula is C7H14N2O2. The minimum absolute atomic E-state index is 0.0227. The predicted molar refractivity (Wildman–Crippen MR) is 41.7 cm³/mol. The molecule has 0 bridgehead atoms. The normalized spacial score (nSPS) is 10.8. The van der Waals surface area contributed by atoms with Crippen LogP contribution < -0.4 is 11.1 Å². The van der Waals surface area contributed by atoms with E-state index in [0.717, 1.165) is 0 Å². The molecule has 0 unspecified atom stereocenters. The Morgan fingerprint density at radius 3 is 2.09 bits per heavy atom. The van der Waals surface area contributed by atoms with Gasteiger partial charge >= 0.3 is 11.8 Å². The molecule has 0 atom stereocenters. The van der Waals surface area contributed by atoms with E-state index in [9.17, 15) is 9.59 Å². The van der Waals surface area contributed by atoms with Crippen molar-refractivity contribution >= 4 is 11.8 Å². The molecule has 0 saturated carbocycles.